The summed E-state index contributed by atoms with van der Waals surface area (Å²) < 4.78 is 0. The van der Waals surface area contributed by atoms with Crippen LogP contribution in [0.5, 0.6) is 0 Å². The first-order valence-corrected chi connectivity index (χ1v) is 8.81. The molecule has 0 radical (unpaired) electrons. The lowest BCUT2D eigenvalue weighted by molar-refractivity contribution is 0.254. The molecule has 0 amide bonds. The van der Waals surface area contributed by atoms with Crippen molar-refractivity contribution in [1.29, 1.82) is 0 Å². The van der Waals surface area contributed by atoms with Gasteiger partial charge in [0.1, 0.15) is 0 Å². The van der Waals surface area contributed by atoms with Crippen LogP contribution in [0.1, 0.15) is 43.3 Å². The summed E-state index contributed by atoms with van der Waals surface area (Å²) in [6.07, 6.45) is 5.50. The number of rotatable bonds is 4. The molecule has 4 nitrogen and oxygen atoms in total. The standard InChI is InChI=1S/C16H28N4S/c1-12-7-5-6-8-14(12)9-18-16(17-3)20(4)10-15-11-21-13(2)19-15/h11-12,14H,5-10H2,1-4H3,(H,17,18). The van der Waals surface area contributed by atoms with E-state index in [4.69, 9.17) is 0 Å². The van der Waals surface area contributed by atoms with E-state index in [0.29, 0.717) is 0 Å². The fourth-order valence-corrected chi connectivity index (χ4v) is 3.71. The van der Waals surface area contributed by atoms with E-state index in [0.717, 1.165) is 41.6 Å². The summed E-state index contributed by atoms with van der Waals surface area (Å²) in [4.78, 5) is 11.1. The Morgan fingerprint density at radius 2 is 2.24 bits per heavy atom. The highest BCUT2D eigenvalue weighted by atomic mass is 32.1. The zero-order valence-electron chi connectivity index (χ0n) is 13.7. The van der Waals surface area contributed by atoms with E-state index in [-0.39, 0.29) is 0 Å². The molecule has 118 valence electrons. The number of guanidine groups is 1. The molecule has 1 heterocycles. The molecule has 2 unspecified atom stereocenters. The van der Waals surface area contributed by atoms with Crippen LogP contribution < -0.4 is 5.32 Å². The van der Waals surface area contributed by atoms with Crippen molar-refractivity contribution >= 4 is 17.3 Å². The molecular weight excluding hydrogens is 280 g/mol. The Balaban J connectivity index is 1.84. The van der Waals surface area contributed by atoms with Crippen LogP contribution in [0.2, 0.25) is 0 Å². The molecule has 2 atom stereocenters. The molecule has 1 saturated carbocycles. The van der Waals surface area contributed by atoms with Gasteiger partial charge in [-0.15, -0.1) is 11.3 Å². The van der Waals surface area contributed by atoms with Gasteiger partial charge in [-0.05, 0) is 25.2 Å². The minimum absolute atomic E-state index is 0.783. The number of aromatic nitrogens is 1. The predicted octanol–water partition coefficient (Wildman–Crippen LogP) is 3.29. The van der Waals surface area contributed by atoms with Crippen molar-refractivity contribution in [2.24, 2.45) is 16.8 Å². The predicted molar refractivity (Wildman–Crippen MR) is 90.8 cm³/mol. The third kappa shape index (κ3) is 4.70. The lowest BCUT2D eigenvalue weighted by Gasteiger charge is -2.30. The second kappa shape index (κ2) is 7.78. The van der Waals surface area contributed by atoms with E-state index in [2.05, 4.69) is 39.5 Å². The summed E-state index contributed by atoms with van der Waals surface area (Å²) in [6, 6.07) is 0. The molecule has 21 heavy (non-hydrogen) atoms. The third-order valence-electron chi connectivity index (χ3n) is 4.45. The second-order valence-electron chi connectivity index (χ2n) is 6.16. The molecule has 0 saturated heterocycles. The Labute approximate surface area is 132 Å². The van der Waals surface area contributed by atoms with Gasteiger partial charge in [-0.3, -0.25) is 4.99 Å². The zero-order valence-corrected chi connectivity index (χ0v) is 14.5. The molecule has 0 bridgehead atoms. The first kappa shape index (κ1) is 16.3. The number of hydrogen-bond donors (Lipinski definition) is 1. The molecule has 0 aliphatic heterocycles. The summed E-state index contributed by atoms with van der Waals surface area (Å²) in [5.74, 6) is 2.58. The van der Waals surface area contributed by atoms with Crippen molar-refractivity contribution in [3.8, 4) is 0 Å². The van der Waals surface area contributed by atoms with E-state index in [1.807, 2.05) is 14.0 Å². The van der Waals surface area contributed by atoms with Crippen LogP contribution in [0, 0.1) is 18.8 Å². The minimum Gasteiger partial charge on any atom is -0.356 e. The van der Waals surface area contributed by atoms with Crippen LogP contribution >= 0.6 is 11.3 Å². The smallest absolute Gasteiger partial charge is 0.193 e. The number of hydrogen-bond acceptors (Lipinski definition) is 3. The fraction of sp³-hybridized carbons (Fsp3) is 0.750. The first-order chi connectivity index (χ1) is 10.1. The minimum atomic E-state index is 0.783. The summed E-state index contributed by atoms with van der Waals surface area (Å²) in [5.41, 5.74) is 1.12. The van der Waals surface area contributed by atoms with Crippen LogP contribution in [-0.4, -0.2) is 36.5 Å². The Bertz CT molecular complexity index is 469. The summed E-state index contributed by atoms with van der Waals surface area (Å²) in [7, 11) is 3.93. The molecule has 0 spiro atoms. The number of nitrogens with zero attached hydrogens (tertiary/aromatic N) is 3. The summed E-state index contributed by atoms with van der Waals surface area (Å²) >= 11 is 1.70. The van der Waals surface area contributed by atoms with Gasteiger partial charge in [0.2, 0.25) is 0 Å². The van der Waals surface area contributed by atoms with Crippen molar-refractivity contribution in [1.82, 2.24) is 15.2 Å². The van der Waals surface area contributed by atoms with Crippen molar-refractivity contribution in [2.75, 3.05) is 20.6 Å². The Kier molecular flexibility index (Phi) is 6.03. The molecule has 1 aliphatic carbocycles. The van der Waals surface area contributed by atoms with Gasteiger partial charge < -0.3 is 10.2 Å². The van der Waals surface area contributed by atoms with Crippen molar-refractivity contribution in [3.05, 3.63) is 16.1 Å². The highest BCUT2D eigenvalue weighted by Gasteiger charge is 2.21. The number of aliphatic imine (C=N–C) groups is 1. The maximum atomic E-state index is 4.52. The van der Waals surface area contributed by atoms with Gasteiger partial charge in [-0.25, -0.2) is 4.98 Å². The summed E-state index contributed by atoms with van der Waals surface area (Å²) in [6.45, 7) is 6.28. The second-order valence-corrected chi connectivity index (χ2v) is 7.23. The van der Waals surface area contributed by atoms with Gasteiger partial charge in [0.05, 0.1) is 17.2 Å². The van der Waals surface area contributed by atoms with E-state index in [1.165, 1.54) is 25.7 Å². The molecule has 1 fully saturated rings. The normalized spacial score (nSPS) is 23.1. The first-order valence-electron chi connectivity index (χ1n) is 7.93. The molecule has 1 aromatic rings. The number of nitrogens with one attached hydrogen (secondary N) is 1. The van der Waals surface area contributed by atoms with Crippen LogP contribution in [0.25, 0.3) is 0 Å². The molecule has 1 aromatic heterocycles. The van der Waals surface area contributed by atoms with Crippen LogP contribution in [0.15, 0.2) is 10.4 Å². The van der Waals surface area contributed by atoms with Crippen LogP contribution in [0.3, 0.4) is 0 Å². The van der Waals surface area contributed by atoms with Gasteiger partial charge in [0.25, 0.3) is 0 Å². The van der Waals surface area contributed by atoms with Gasteiger partial charge >= 0.3 is 0 Å². The van der Waals surface area contributed by atoms with Crippen LogP contribution in [-0.2, 0) is 6.54 Å². The largest absolute Gasteiger partial charge is 0.356 e. The molecule has 1 aliphatic rings. The van der Waals surface area contributed by atoms with Gasteiger partial charge in [-0.2, -0.15) is 0 Å². The van der Waals surface area contributed by atoms with Crippen molar-refractivity contribution in [3.63, 3.8) is 0 Å². The Hall–Kier alpha value is -1.10. The van der Waals surface area contributed by atoms with Crippen LogP contribution in [0.4, 0.5) is 0 Å². The maximum Gasteiger partial charge on any atom is 0.193 e. The average molecular weight is 308 g/mol. The Morgan fingerprint density at radius 3 is 2.86 bits per heavy atom. The van der Waals surface area contributed by atoms with E-state index < -0.39 is 0 Å². The van der Waals surface area contributed by atoms with E-state index >= 15 is 0 Å². The molecule has 0 aromatic carbocycles. The fourth-order valence-electron chi connectivity index (χ4n) is 3.10. The highest BCUT2D eigenvalue weighted by molar-refractivity contribution is 7.09. The molecule has 1 N–H and O–H groups in total. The van der Waals surface area contributed by atoms with E-state index in [1.54, 1.807) is 11.3 Å². The van der Waals surface area contributed by atoms with Crippen molar-refractivity contribution < 1.29 is 0 Å². The number of aryl methyl sites for hydroxylation is 1. The zero-order chi connectivity index (χ0) is 15.2. The number of thiazole rings is 1. The topological polar surface area (TPSA) is 40.5 Å². The molecule has 5 heteroatoms. The quantitative estimate of drug-likeness (QED) is 0.685. The Morgan fingerprint density at radius 1 is 1.48 bits per heavy atom. The summed E-state index contributed by atoms with van der Waals surface area (Å²) in [5, 5.41) is 6.80. The monoisotopic (exact) mass is 308 g/mol. The maximum absolute atomic E-state index is 4.52. The van der Waals surface area contributed by atoms with Gasteiger partial charge in [0.15, 0.2) is 5.96 Å². The lowest BCUT2D eigenvalue weighted by atomic mass is 9.80. The average Bonchev–Trinajstić information content (AvgIpc) is 2.86. The third-order valence-corrected chi connectivity index (χ3v) is 5.27. The molecular formula is C16H28N4S. The lowest BCUT2D eigenvalue weighted by Crippen LogP contribution is -2.42. The molecule has 2 rings (SSSR count). The highest BCUT2D eigenvalue weighted by Crippen LogP contribution is 2.28. The SMILES string of the molecule is CN=C(NCC1CCCCC1C)N(C)Cc1csc(C)n1. The van der Waals surface area contributed by atoms with Gasteiger partial charge in [0, 0.05) is 26.0 Å². The van der Waals surface area contributed by atoms with Crippen molar-refractivity contribution in [2.45, 2.75) is 46.1 Å². The van der Waals surface area contributed by atoms with E-state index in [9.17, 15) is 0 Å². The van der Waals surface area contributed by atoms with Gasteiger partial charge in [-0.1, -0.05) is 26.2 Å².